The molecule has 0 aromatic heterocycles. The van der Waals surface area contributed by atoms with Gasteiger partial charge in [0.1, 0.15) is 0 Å². The Bertz CT molecular complexity index is 328. The number of nitrogens with zero attached hydrogens (tertiary/aromatic N) is 1. The number of hydrogen-bond acceptors (Lipinski definition) is 2. The average molecular weight is 214 g/mol. The molecule has 0 N–H and O–H groups in total. The summed E-state index contributed by atoms with van der Waals surface area (Å²) in [6, 6.07) is 6.33. The van der Waals surface area contributed by atoms with Gasteiger partial charge >= 0.3 is 0 Å². The third kappa shape index (κ3) is 2.90. The number of benzene rings is 1. The Hall–Kier alpha value is -1.27. The van der Waals surface area contributed by atoms with E-state index in [4.69, 9.17) is 21.6 Å². The van der Waals surface area contributed by atoms with Crippen molar-refractivity contribution in [1.29, 1.82) is 5.26 Å². The number of nitriles is 1. The molecule has 0 bridgehead atoms. The maximum Gasteiger partial charge on any atom is 0.173 e. The molecule has 0 spiro atoms. The first kappa shape index (κ1) is 10.8. The van der Waals surface area contributed by atoms with Gasteiger partial charge in [0.2, 0.25) is 0 Å². The van der Waals surface area contributed by atoms with E-state index in [9.17, 15) is 4.39 Å². The zero-order chi connectivity index (χ0) is 10.4. The van der Waals surface area contributed by atoms with Gasteiger partial charge in [0, 0.05) is 6.42 Å². The molecule has 0 radical (unpaired) electrons. The van der Waals surface area contributed by atoms with Gasteiger partial charge in [0.05, 0.1) is 17.7 Å². The Morgan fingerprint density at radius 2 is 2.29 bits per heavy atom. The summed E-state index contributed by atoms with van der Waals surface area (Å²) in [5.74, 6) is -0.415. The second-order valence-electron chi connectivity index (χ2n) is 2.66. The molecule has 0 atom stereocenters. The van der Waals surface area contributed by atoms with Gasteiger partial charge in [-0.2, -0.15) is 5.26 Å². The highest BCUT2D eigenvalue weighted by atomic mass is 35.5. The minimum absolute atomic E-state index is 0.0621. The van der Waals surface area contributed by atoms with Crippen LogP contribution >= 0.6 is 11.6 Å². The predicted molar refractivity (Wildman–Crippen MR) is 51.8 cm³/mol. The molecule has 0 amide bonds. The molecule has 0 saturated heterocycles. The van der Waals surface area contributed by atoms with Gasteiger partial charge < -0.3 is 4.74 Å². The molecular formula is C10H9ClFNO. The normalized spacial score (nSPS) is 9.50. The van der Waals surface area contributed by atoms with E-state index >= 15 is 0 Å². The van der Waals surface area contributed by atoms with E-state index in [0.29, 0.717) is 19.4 Å². The minimum atomic E-state index is -0.477. The van der Waals surface area contributed by atoms with Gasteiger partial charge in [-0.1, -0.05) is 17.7 Å². The van der Waals surface area contributed by atoms with E-state index in [1.165, 1.54) is 12.1 Å². The lowest BCUT2D eigenvalue weighted by Crippen LogP contribution is -1.99. The van der Waals surface area contributed by atoms with Crippen LogP contribution in [0, 0.1) is 17.1 Å². The number of rotatable bonds is 4. The summed E-state index contributed by atoms with van der Waals surface area (Å²) < 4.78 is 18.2. The fraction of sp³-hybridized carbons (Fsp3) is 0.300. The van der Waals surface area contributed by atoms with Crippen LogP contribution in [0.3, 0.4) is 0 Å². The lowest BCUT2D eigenvalue weighted by molar-refractivity contribution is 0.297. The summed E-state index contributed by atoms with van der Waals surface area (Å²) in [5, 5.41) is 8.52. The summed E-state index contributed by atoms with van der Waals surface area (Å²) in [4.78, 5) is 0. The second-order valence-corrected chi connectivity index (χ2v) is 3.07. The van der Waals surface area contributed by atoms with Gasteiger partial charge in [-0.05, 0) is 18.6 Å². The number of hydrogen-bond donors (Lipinski definition) is 0. The van der Waals surface area contributed by atoms with Crippen molar-refractivity contribution in [2.24, 2.45) is 0 Å². The Kier molecular flexibility index (Phi) is 4.21. The van der Waals surface area contributed by atoms with Crippen molar-refractivity contribution in [2.75, 3.05) is 6.61 Å². The van der Waals surface area contributed by atoms with Crippen LogP contribution in [0.5, 0.6) is 5.75 Å². The first-order valence-corrected chi connectivity index (χ1v) is 4.57. The number of para-hydroxylation sites is 1. The molecule has 1 aromatic rings. The van der Waals surface area contributed by atoms with Crippen molar-refractivity contribution in [2.45, 2.75) is 12.8 Å². The molecule has 0 aliphatic heterocycles. The number of ether oxygens (including phenoxy) is 1. The largest absolute Gasteiger partial charge is 0.489 e. The van der Waals surface area contributed by atoms with Crippen molar-refractivity contribution in [3.63, 3.8) is 0 Å². The third-order valence-electron chi connectivity index (χ3n) is 1.60. The van der Waals surface area contributed by atoms with Gasteiger partial charge in [-0.3, -0.25) is 0 Å². The molecule has 74 valence electrons. The monoisotopic (exact) mass is 213 g/mol. The molecular weight excluding hydrogens is 205 g/mol. The molecule has 2 nitrogen and oxygen atoms in total. The van der Waals surface area contributed by atoms with E-state index < -0.39 is 5.82 Å². The lowest BCUT2D eigenvalue weighted by atomic mass is 10.3. The van der Waals surface area contributed by atoms with E-state index in [1.807, 2.05) is 6.07 Å². The van der Waals surface area contributed by atoms with E-state index in [0.717, 1.165) is 0 Å². The molecule has 1 aromatic carbocycles. The smallest absolute Gasteiger partial charge is 0.173 e. The molecule has 4 heteroatoms. The fourth-order valence-corrected chi connectivity index (χ4v) is 1.16. The number of unbranched alkanes of at least 4 members (excludes halogenated alkanes) is 1. The van der Waals surface area contributed by atoms with E-state index in [2.05, 4.69) is 0 Å². The topological polar surface area (TPSA) is 33.0 Å². The molecule has 0 aliphatic rings. The summed E-state index contributed by atoms with van der Waals surface area (Å²) in [7, 11) is 0. The van der Waals surface area contributed by atoms with Crippen LogP contribution in [0.4, 0.5) is 4.39 Å². The average Bonchev–Trinajstić information content (AvgIpc) is 2.16. The molecule has 0 fully saturated rings. The summed E-state index contributed by atoms with van der Waals surface area (Å²) in [5.41, 5.74) is 0. The van der Waals surface area contributed by atoms with Crippen molar-refractivity contribution in [1.82, 2.24) is 0 Å². The molecule has 14 heavy (non-hydrogen) atoms. The highest BCUT2D eigenvalue weighted by molar-refractivity contribution is 6.32. The standard InChI is InChI=1S/C10H9ClFNO/c11-8-4-3-5-9(12)10(8)14-7-2-1-6-13/h3-5H,1-2,7H2. The zero-order valence-corrected chi connectivity index (χ0v) is 8.22. The van der Waals surface area contributed by atoms with Crippen molar-refractivity contribution >= 4 is 11.6 Å². The maximum atomic E-state index is 13.1. The summed E-state index contributed by atoms with van der Waals surface area (Å²) in [6.45, 7) is 0.300. The number of halogens is 2. The fourth-order valence-electron chi connectivity index (χ4n) is 0.946. The second kappa shape index (κ2) is 5.46. The zero-order valence-electron chi connectivity index (χ0n) is 7.46. The predicted octanol–water partition coefficient (Wildman–Crippen LogP) is 3.16. The molecule has 0 heterocycles. The van der Waals surface area contributed by atoms with Crippen molar-refractivity contribution < 1.29 is 9.13 Å². The summed E-state index contributed by atoms with van der Waals surface area (Å²) >= 11 is 5.71. The van der Waals surface area contributed by atoms with Crippen LogP contribution in [0.25, 0.3) is 0 Å². The highest BCUT2D eigenvalue weighted by Crippen LogP contribution is 2.27. The van der Waals surface area contributed by atoms with Crippen LogP contribution in [-0.2, 0) is 0 Å². The Morgan fingerprint density at radius 1 is 1.50 bits per heavy atom. The molecule has 0 aliphatic carbocycles. The SMILES string of the molecule is N#CCCCOc1c(F)cccc1Cl. The van der Waals surface area contributed by atoms with Crippen LogP contribution in [0.15, 0.2) is 18.2 Å². The molecule has 0 unspecified atom stereocenters. The summed E-state index contributed by atoms with van der Waals surface area (Å²) in [6.07, 6.45) is 0.966. The Labute approximate surface area is 86.9 Å². The van der Waals surface area contributed by atoms with Crippen molar-refractivity contribution in [3.05, 3.63) is 29.0 Å². The van der Waals surface area contributed by atoms with Gasteiger partial charge in [0.15, 0.2) is 11.6 Å². The first-order chi connectivity index (χ1) is 6.75. The molecule has 0 saturated carbocycles. The van der Waals surface area contributed by atoms with Crippen LogP contribution in [0.1, 0.15) is 12.8 Å². The van der Waals surface area contributed by atoms with Crippen LogP contribution in [0.2, 0.25) is 5.02 Å². The lowest BCUT2D eigenvalue weighted by Gasteiger charge is -2.07. The quantitative estimate of drug-likeness (QED) is 0.720. The van der Waals surface area contributed by atoms with Gasteiger partial charge in [-0.15, -0.1) is 0 Å². The Morgan fingerprint density at radius 3 is 2.93 bits per heavy atom. The van der Waals surface area contributed by atoms with E-state index in [1.54, 1.807) is 6.07 Å². The third-order valence-corrected chi connectivity index (χ3v) is 1.90. The highest BCUT2D eigenvalue weighted by Gasteiger charge is 2.06. The first-order valence-electron chi connectivity index (χ1n) is 4.19. The maximum absolute atomic E-state index is 13.1. The van der Waals surface area contributed by atoms with Crippen LogP contribution in [-0.4, -0.2) is 6.61 Å². The van der Waals surface area contributed by atoms with E-state index in [-0.39, 0.29) is 10.8 Å². The van der Waals surface area contributed by atoms with Crippen molar-refractivity contribution in [3.8, 4) is 11.8 Å². The molecule has 1 rings (SSSR count). The van der Waals surface area contributed by atoms with Gasteiger partial charge in [0.25, 0.3) is 0 Å². The van der Waals surface area contributed by atoms with Crippen LogP contribution < -0.4 is 4.74 Å². The minimum Gasteiger partial charge on any atom is -0.489 e. The van der Waals surface area contributed by atoms with Gasteiger partial charge in [-0.25, -0.2) is 4.39 Å². The Balaban J connectivity index is 2.54.